The lowest BCUT2D eigenvalue weighted by atomic mass is 10.1. The van der Waals surface area contributed by atoms with E-state index in [1.54, 1.807) is 5.38 Å². The van der Waals surface area contributed by atoms with E-state index in [0.717, 1.165) is 24.1 Å². The average molecular weight is 225 g/mol. The predicted molar refractivity (Wildman–Crippen MR) is 60.3 cm³/mol. The fraction of sp³-hybridized carbons (Fsp3) is 0.300. The highest BCUT2D eigenvalue weighted by Gasteiger charge is 2.15. The molecule has 0 bridgehead atoms. The van der Waals surface area contributed by atoms with Gasteiger partial charge in [0.2, 0.25) is 0 Å². The van der Waals surface area contributed by atoms with Crippen LogP contribution in [0.1, 0.15) is 18.9 Å². The standard InChI is InChI=1S/C10H12FN3S/c1-2-3-6-8(13-14-10(6)12)9-7(11)4-5-15-9/h4-5H,2-3H2,1H3,(H3,12,13,14). The number of anilines is 1. The third kappa shape index (κ3) is 1.74. The zero-order chi connectivity index (χ0) is 10.8. The molecular weight excluding hydrogens is 213 g/mol. The summed E-state index contributed by atoms with van der Waals surface area (Å²) >= 11 is 1.35. The van der Waals surface area contributed by atoms with E-state index in [-0.39, 0.29) is 5.82 Å². The number of hydrogen-bond acceptors (Lipinski definition) is 3. The van der Waals surface area contributed by atoms with Crippen LogP contribution in [0.15, 0.2) is 11.4 Å². The van der Waals surface area contributed by atoms with Crippen LogP contribution in [-0.4, -0.2) is 10.2 Å². The van der Waals surface area contributed by atoms with Crippen LogP contribution in [0.2, 0.25) is 0 Å². The van der Waals surface area contributed by atoms with Crippen molar-refractivity contribution >= 4 is 17.2 Å². The lowest BCUT2D eigenvalue weighted by Gasteiger charge is -2.00. The van der Waals surface area contributed by atoms with E-state index in [4.69, 9.17) is 5.73 Å². The van der Waals surface area contributed by atoms with Crippen molar-refractivity contribution in [2.75, 3.05) is 5.73 Å². The number of halogens is 1. The summed E-state index contributed by atoms with van der Waals surface area (Å²) in [6, 6.07) is 1.45. The van der Waals surface area contributed by atoms with Crippen LogP contribution in [0, 0.1) is 5.82 Å². The van der Waals surface area contributed by atoms with Crippen LogP contribution < -0.4 is 5.73 Å². The van der Waals surface area contributed by atoms with Gasteiger partial charge in [-0.1, -0.05) is 13.3 Å². The molecule has 0 saturated heterocycles. The number of nitrogens with zero attached hydrogens (tertiary/aromatic N) is 1. The summed E-state index contributed by atoms with van der Waals surface area (Å²) in [6.07, 6.45) is 1.78. The van der Waals surface area contributed by atoms with Crippen LogP contribution in [0.3, 0.4) is 0 Å². The molecule has 0 fully saturated rings. The van der Waals surface area contributed by atoms with Gasteiger partial charge in [-0.2, -0.15) is 5.10 Å². The van der Waals surface area contributed by atoms with Crippen molar-refractivity contribution in [1.29, 1.82) is 0 Å². The molecule has 0 amide bonds. The van der Waals surface area contributed by atoms with E-state index in [2.05, 4.69) is 17.1 Å². The van der Waals surface area contributed by atoms with Crippen molar-refractivity contribution in [2.45, 2.75) is 19.8 Å². The lowest BCUT2D eigenvalue weighted by molar-refractivity contribution is 0.635. The quantitative estimate of drug-likeness (QED) is 0.843. The van der Waals surface area contributed by atoms with Crippen LogP contribution in [0.5, 0.6) is 0 Å². The number of aromatic amines is 1. The number of nitrogens with two attached hydrogens (primary N) is 1. The lowest BCUT2D eigenvalue weighted by Crippen LogP contribution is -1.92. The van der Waals surface area contributed by atoms with Crippen molar-refractivity contribution in [1.82, 2.24) is 10.2 Å². The topological polar surface area (TPSA) is 54.7 Å². The molecule has 0 aliphatic carbocycles. The summed E-state index contributed by atoms with van der Waals surface area (Å²) in [4.78, 5) is 0.586. The third-order valence-corrected chi connectivity index (χ3v) is 3.15. The van der Waals surface area contributed by atoms with Crippen molar-refractivity contribution in [2.24, 2.45) is 0 Å². The molecule has 80 valence electrons. The van der Waals surface area contributed by atoms with Gasteiger partial charge in [0.1, 0.15) is 11.6 Å². The van der Waals surface area contributed by atoms with E-state index in [1.807, 2.05) is 0 Å². The molecule has 0 saturated carbocycles. The second-order valence-electron chi connectivity index (χ2n) is 3.31. The van der Waals surface area contributed by atoms with Crippen LogP contribution in [0.25, 0.3) is 10.6 Å². The van der Waals surface area contributed by atoms with Crippen molar-refractivity contribution in [3.8, 4) is 10.6 Å². The molecule has 2 heterocycles. The summed E-state index contributed by atoms with van der Waals surface area (Å²) in [5.74, 6) is 0.251. The van der Waals surface area contributed by atoms with Crippen LogP contribution >= 0.6 is 11.3 Å². The number of thiophene rings is 1. The Labute approximate surface area is 91.1 Å². The molecule has 5 heteroatoms. The Hall–Kier alpha value is -1.36. The Kier molecular flexibility index (Phi) is 2.73. The number of H-pyrrole nitrogens is 1. The molecular formula is C10H12FN3S. The summed E-state index contributed by atoms with van der Waals surface area (Å²) < 4.78 is 13.4. The van der Waals surface area contributed by atoms with Gasteiger partial charge in [-0.25, -0.2) is 4.39 Å². The summed E-state index contributed by atoms with van der Waals surface area (Å²) in [6.45, 7) is 2.06. The summed E-state index contributed by atoms with van der Waals surface area (Å²) in [5.41, 5.74) is 7.36. The number of aromatic nitrogens is 2. The van der Waals surface area contributed by atoms with E-state index < -0.39 is 0 Å². The Balaban J connectivity index is 2.49. The van der Waals surface area contributed by atoms with Crippen molar-refractivity contribution < 1.29 is 4.39 Å². The van der Waals surface area contributed by atoms with Crippen LogP contribution in [0.4, 0.5) is 10.2 Å². The number of nitrogens with one attached hydrogen (secondary N) is 1. The van der Waals surface area contributed by atoms with E-state index in [9.17, 15) is 4.39 Å². The van der Waals surface area contributed by atoms with Gasteiger partial charge >= 0.3 is 0 Å². The highest BCUT2D eigenvalue weighted by atomic mass is 32.1. The van der Waals surface area contributed by atoms with Gasteiger partial charge in [0, 0.05) is 5.56 Å². The molecule has 0 atom stereocenters. The molecule has 2 aromatic heterocycles. The Morgan fingerprint density at radius 2 is 2.40 bits per heavy atom. The van der Waals surface area contributed by atoms with Gasteiger partial charge < -0.3 is 5.73 Å². The smallest absolute Gasteiger partial charge is 0.149 e. The minimum atomic E-state index is -0.221. The summed E-state index contributed by atoms with van der Waals surface area (Å²) in [7, 11) is 0. The Morgan fingerprint density at radius 3 is 3.00 bits per heavy atom. The van der Waals surface area contributed by atoms with Crippen LogP contribution in [-0.2, 0) is 6.42 Å². The van der Waals surface area contributed by atoms with Gasteiger partial charge in [0.25, 0.3) is 0 Å². The minimum absolute atomic E-state index is 0.221. The number of nitrogen functional groups attached to an aromatic ring is 1. The van der Waals surface area contributed by atoms with E-state index in [0.29, 0.717) is 10.7 Å². The molecule has 2 aromatic rings. The fourth-order valence-electron chi connectivity index (χ4n) is 1.54. The molecule has 0 aliphatic rings. The average Bonchev–Trinajstić information content (AvgIpc) is 2.76. The third-order valence-electron chi connectivity index (χ3n) is 2.24. The molecule has 3 nitrogen and oxygen atoms in total. The van der Waals surface area contributed by atoms with Crippen molar-refractivity contribution in [3.05, 3.63) is 22.8 Å². The van der Waals surface area contributed by atoms with Crippen molar-refractivity contribution in [3.63, 3.8) is 0 Å². The molecule has 2 rings (SSSR count). The molecule has 0 unspecified atom stereocenters. The molecule has 0 aliphatic heterocycles. The highest BCUT2D eigenvalue weighted by Crippen LogP contribution is 2.32. The maximum Gasteiger partial charge on any atom is 0.149 e. The first-order chi connectivity index (χ1) is 7.24. The van der Waals surface area contributed by atoms with E-state index >= 15 is 0 Å². The second-order valence-corrected chi connectivity index (χ2v) is 4.23. The maximum atomic E-state index is 13.4. The SMILES string of the molecule is CCCc1c(N)n[nH]c1-c1sccc1F. The first-order valence-electron chi connectivity index (χ1n) is 4.80. The zero-order valence-electron chi connectivity index (χ0n) is 8.38. The van der Waals surface area contributed by atoms with Gasteiger partial charge in [-0.15, -0.1) is 11.3 Å². The molecule has 0 aromatic carbocycles. The monoisotopic (exact) mass is 225 g/mol. The summed E-state index contributed by atoms with van der Waals surface area (Å²) in [5, 5.41) is 8.44. The molecule has 0 radical (unpaired) electrons. The van der Waals surface area contributed by atoms with Gasteiger partial charge in [-0.3, -0.25) is 5.10 Å². The number of rotatable bonds is 3. The second kappa shape index (κ2) is 4.02. The van der Waals surface area contributed by atoms with Gasteiger partial charge in [0.15, 0.2) is 0 Å². The molecule has 15 heavy (non-hydrogen) atoms. The largest absolute Gasteiger partial charge is 0.382 e. The van der Waals surface area contributed by atoms with Gasteiger partial charge in [-0.05, 0) is 17.9 Å². The Bertz CT molecular complexity index is 461. The van der Waals surface area contributed by atoms with E-state index in [1.165, 1.54) is 17.4 Å². The predicted octanol–water partition coefficient (Wildman–Crippen LogP) is 2.81. The normalized spacial score (nSPS) is 10.8. The fourth-order valence-corrected chi connectivity index (χ4v) is 2.33. The first-order valence-corrected chi connectivity index (χ1v) is 5.68. The number of hydrogen-bond donors (Lipinski definition) is 2. The zero-order valence-corrected chi connectivity index (χ0v) is 9.20. The first kappa shape index (κ1) is 10.2. The highest BCUT2D eigenvalue weighted by molar-refractivity contribution is 7.13. The Morgan fingerprint density at radius 1 is 1.60 bits per heavy atom. The maximum absolute atomic E-state index is 13.4. The van der Waals surface area contributed by atoms with Gasteiger partial charge in [0.05, 0.1) is 10.6 Å². The molecule has 3 N–H and O–H groups in total. The molecule has 0 spiro atoms. The minimum Gasteiger partial charge on any atom is -0.382 e.